The summed E-state index contributed by atoms with van der Waals surface area (Å²) in [5.41, 5.74) is 8.24. The zero-order valence-electron chi connectivity index (χ0n) is 21.1. The zero-order valence-corrected chi connectivity index (χ0v) is 21.1. The van der Waals surface area contributed by atoms with Gasteiger partial charge in [0.25, 0.3) is 0 Å². The van der Waals surface area contributed by atoms with Crippen molar-refractivity contribution in [3.05, 3.63) is 81.2 Å². The molecule has 0 fully saturated rings. The second-order valence-corrected chi connectivity index (χ2v) is 9.88. The molecule has 3 aliphatic rings. The van der Waals surface area contributed by atoms with Crippen LogP contribution in [0.1, 0.15) is 66.7 Å². The Hall–Kier alpha value is -3.34. The van der Waals surface area contributed by atoms with Crippen molar-refractivity contribution in [1.82, 2.24) is 4.90 Å². The Morgan fingerprint density at radius 2 is 1.49 bits per heavy atom. The molecule has 0 radical (unpaired) electrons. The van der Waals surface area contributed by atoms with E-state index in [1.54, 1.807) is 7.11 Å². The predicted molar refractivity (Wildman–Crippen MR) is 136 cm³/mol. The van der Waals surface area contributed by atoms with Gasteiger partial charge in [0.1, 0.15) is 6.61 Å². The van der Waals surface area contributed by atoms with Crippen molar-refractivity contribution in [3.63, 3.8) is 0 Å². The lowest BCUT2D eigenvalue weighted by Crippen LogP contribution is -2.37. The fraction of sp³-hybridized carbons (Fsp3) is 0.400. The quantitative estimate of drug-likeness (QED) is 0.541. The van der Waals surface area contributed by atoms with E-state index >= 15 is 0 Å². The Morgan fingerprint density at radius 1 is 0.829 bits per heavy atom. The molecule has 0 amide bonds. The maximum Gasteiger partial charge on any atom is 0.161 e. The van der Waals surface area contributed by atoms with E-state index in [-0.39, 0.29) is 17.5 Å². The molecule has 0 bridgehead atoms. The number of carbonyl (C=O) groups excluding carboxylic acids is 2. The predicted octanol–water partition coefficient (Wildman–Crippen LogP) is 5.93. The van der Waals surface area contributed by atoms with E-state index in [4.69, 9.17) is 9.47 Å². The molecule has 182 valence electrons. The summed E-state index contributed by atoms with van der Waals surface area (Å²) in [5.74, 6) is 1.24. The van der Waals surface area contributed by atoms with Crippen LogP contribution in [0.5, 0.6) is 11.5 Å². The molecule has 0 aromatic heterocycles. The number of aryl methyl sites for hydroxylation is 2. The molecule has 35 heavy (non-hydrogen) atoms. The van der Waals surface area contributed by atoms with Gasteiger partial charge >= 0.3 is 0 Å². The normalized spacial score (nSPS) is 18.6. The van der Waals surface area contributed by atoms with Gasteiger partial charge in [0.15, 0.2) is 23.1 Å². The molecule has 0 saturated carbocycles. The zero-order chi connectivity index (χ0) is 24.7. The fourth-order valence-electron chi connectivity index (χ4n) is 5.72. The number of carbonyl (C=O) groups is 2. The van der Waals surface area contributed by atoms with E-state index in [9.17, 15) is 9.59 Å². The van der Waals surface area contributed by atoms with Gasteiger partial charge in [-0.15, -0.1) is 0 Å². The van der Waals surface area contributed by atoms with E-state index in [0.717, 1.165) is 59.4 Å². The van der Waals surface area contributed by atoms with Crippen LogP contribution in [0.3, 0.4) is 0 Å². The van der Waals surface area contributed by atoms with Gasteiger partial charge in [0.05, 0.1) is 7.11 Å². The molecule has 0 unspecified atom stereocenters. The van der Waals surface area contributed by atoms with E-state index in [0.29, 0.717) is 30.9 Å². The number of rotatable bonds is 5. The first-order chi connectivity index (χ1) is 16.9. The molecule has 0 spiro atoms. The molecule has 1 aliphatic heterocycles. The van der Waals surface area contributed by atoms with E-state index < -0.39 is 0 Å². The Bertz CT molecular complexity index is 1230. The van der Waals surface area contributed by atoms with Crippen molar-refractivity contribution in [2.45, 2.75) is 64.9 Å². The maximum atomic E-state index is 13.2. The number of hydrogen-bond acceptors (Lipinski definition) is 5. The molecule has 1 heterocycles. The number of nitrogens with zero attached hydrogens (tertiary/aromatic N) is 1. The molecule has 0 saturated heterocycles. The van der Waals surface area contributed by atoms with Crippen LogP contribution in [-0.2, 0) is 16.2 Å². The summed E-state index contributed by atoms with van der Waals surface area (Å²) in [5, 5.41) is 0. The number of benzene rings is 2. The van der Waals surface area contributed by atoms with Crippen LogP contribution in [0.15, 0.2) is 58.9 Å². The van der Waals surface area contributed by atoms with Crippen LogP contribution in [0.25, 0.3) is 0 Å². The first-order valence-corrected chi connectivity index (χ1v) is 12.5. The Balaban J connectivity index is 1.52. The standard InChI is InChI=1S/C30H33NO4/c1-18-11-12-20(15-19(18)2)17-35-26-14-13-21(16-27(26)34-4)28-29-22(7-5-9-24(29)32)31(3)23-8-6-10-25(33)30(23)28/h11-16,28H,5-10,17H2,1-4H3. The topological polar surface area (TPSA) is 55.8 Å². The summed E-state index contributed by atoms with van der Waals surface area (Å²) in [7, 11) is 3.64. The van der Waals surface area contributed by atoms with Gasteiger partial charge in [0, 0.05) is 48.3 Å². The van der Waals surface area contributed by atoms with E-state index in [1.807, 2.05) is 25.2 Å². The highest BCUT2D eigenvalue weighted by molar-refractivity contribution is 6.06. The van der Waals surface area contributed by atoms with Crippen LogP contribution in [0.2, 0.25) is 0 Å². The highest BCUT2D eigenvalue weighted by atomic mass is 16.5. The molecular formula is C30H33NO4. The lowest BCUT2D eigenvalue weighted by molar-refractivity contribution is -0.117. The maximum absolute atomic E-state index is 13.2. The summed E-state index contributed by atoms with van der Waals surface area (Å²) >= 11 is 0. The lowest BCUT2D eigenvalue weighted by Gasteiger charge is -2.42. The minimum atomic E-state index is -0.334. The van der Waals surface area contributed by atoms with Crippen molar-refractivity contribution < 1.29 is 19.1 Å². The van der Waals surface area contributed by atoms with Crippen LogP contribution in [0.4, 0.5) is 0 Å². The molecule has 0 N–H and O–H groups in total. The van der Waals surface area contributed by atoms with Gasteiger partial charge in [-0.05, 0) is 73.9 Å². The van der Waals surface area contributed by atoms with Crippen molar-refractivity contribution in [2.75, 3.05) is 14.2 Å². The first kappa shape index (κ1) is 23.4. The molecule has 2 aromatic rings. The molecule has 5 heteroatoms. The van der Waals surface area contributed by atoms with Gasteiger partial charge in [0.2, 0.25) is 0 Å². The van der Waals surface area contributed by atoms with Gasteiger partial charge in [-0.2, -0.15) is 0 Å². The molecule has 2 aliphatic carbocycles. The summed E-state index contributed by atoms with van der Waals surface area (Å²) < 4.78 is 11.9. The number of ether oxygens (including phenoxy) is 2. The first-order valence-electron chi connectivity index (χ1n) is 12.5. The van der Waals surface area contributed by atoms with Gasteiger partial charge < -0.3 is 14.4 Å². The van der Waals surface area contributed by atoms with E-state index in [1.165, 1.54) is 11.1 Å². The third-order valence-electron chi connectivity index (χ3n) is 7.73. The fourth-order valence-corrected chi connectivity index (χ4v) is 5.72. The van der Waals surface area contributed by atoms with Gasteiger partial charge in [-0.25, -0.2) is 0 Å². The second kappa shape index (κ2) is 9.37. The SMILES string of the molecule is COc1cc(C2C3=C(CCCC3=O)N(C)C3=C2C(=O)CCC3)ccc1OCc1ccc(C)c(C)c1. The minimum Gasteiger partial charge on any atom is -0.493 e. The number of Topliss-reactive ketones (excluding diaryl/α,β-unsaturated/α-hetero) is 2. The monoisotopic (exact) mass is 471 g/mol. The van der Waals surface area contributed by atoms with Gasteiger partial charge in [-0.1, -0.05) is 24.3 Å². The number of ketones is 2. The summed E-state index contributed by atoms with van der Waals surface area (Å²) in [6.45, 7) is 4.63. The molecule has 2 aromatic carbocycles. The molecule has 5 rings (SSSR count). The second-order valence-electron chi connectivity index (χ2n) is 9.88. The minimum absolute atomic E-state index is 0.155. The lowest BCUT2D eigenvalue weighted by atomic mass is 9.71. The number of methoxy groups -OCH3 is 1. The highest BCUT2D eigenvalue weighted by Gasteiger charge is 2.42. The largest absolute Gasteiger partial charge is 0.493 e. The van der Waals surface area contributed by atoms with Crippen molar-refractivity contribution in [1.29, 1.82) is 0 Å². The average Bonchev–Trinajstić information content (AvgIpc) is 2.86. The van der Waals surface area contributed by atoms with Crippen molar-refractivity contribution in [3.8, 4) is 11.5 Å². The molecule has 5 nitrogen and oxygen atoms in total. The smallest absolute Gasteiger partial charge is 0.161 e. The Kier molecular flexibility index (Phi) is 6.26. The molecule has 0 atom stereocenters. The number of hydrogen-bond donors (Lipinski definition) is 0. The number of allylic oxidation sites excluding steroid dienone is 4. The van der Waals surface area contributed by atoms with Crippen LogP contribution in [-0.4, -0.2) is 30.6 Å². The molecular weight excluding hydrogens is 438 g/mol. The van der Waals surface area contributed by atoms with Gasteiger partial charge in [-0.3, -0.25) is 9.59 Å². The summed E-state index contributed by atoms with van der Waals surface area (Å²) in [6.07, 6.45) is 4.53. The third-order valence-corrected chi connectivity index (χ3v) is 7.73. The Morgan fingerprint density at radius 3 is 2.09 bits per heavy atom. The Labute approximate surface area is 207 Å². The van der Waals surface area contributed by atoms with Crippen LogP contribution >= 0.6 is 0 Å². The van der Waals surface area contributed by atoms with E-state index in [2.05, 4.69) is 36.9 Å². The highest BCUT2D eigenvalue weighted by Crippen LogP contribution is 2.49. The summed E-state index contributed by atoms with van der Waals surface area (Å²) in [6, 6.07) is 12.2. The average molecular weight is 472 g/mol. The van der Waals surface area contributed by atoms with Crippen molar-refractivity contribution >= 4 is 11.6 Å². The van der Waals surface area contributed by atoms with Crippen molar-refractivity contribution in [2.24, 2.45) is 0 Å². The third kappa shape index (κ3) is 4.18. The summed E-state index contributed by atoms with van der Waals surface area (Å²) in [4.78, 5) is 28.5. The van der Waals surface area contributed by atoms with Crippen LogP contribution in [0, 0.1) is 13.8 Å². The van der Waals surface area contributed by atoms with Crippen LogP contribution < -0.4 is 9.47 Å².